The number of halogens is 4. The van der Waals surface area contributed by atoms with Crippen LogP contribution >= 0.6 is 46.4 Å². The molecule has 0 aromatic heterocycles. The topological polar surface area (TPSA) is 80.8 Å². The fraction of sp³-hybridized carbons (Fsp3) is 0.238. The van der Waals surface area contributed by atoms with Gasteiger partial charge in [0.2, 0.25) is 5.78 Å². The van der Waals surface area contributed by atoms with E-state index in [9.17, 15) is 19.2 Å². The van der Waals surface area contributed by atoms with Crippen LogP contribution in [0.1, 0.15) is 49.1 Å². The highest BCUT2D eigenvalue weighted by molar-refractivity contribution is 6.55. The summed E-state index contributed by atoms with van der Waals surface area (Å²) in [6, 6.07) is 3.99. The lowest BCUT2D eigenvalue weighted by Crippen LogP contribution is -2.44. The van der Waals surface area contributed by atoms with Crippen LogP contribution in [0.5, 0.6) is 0 Å². The molecule has 31 heavy (non-hydrogen) atoms. The van der Waals surface area contributed by atoms with Gasteiger partial charge in [-0.25, -0.2) is 4.79 Å². The maximum absolute atomic E-state index is 12.8. The summed E-state index contributed by atoms with van der Waals surface area (Å²) in [5.41, 5.74) is 1.56. The van der Waals surface area contributed by atoms with Gasteiger partial charge >= 0.3 is 5.97 Å². The lowest BCUT2D eigenvalue weighted by Gasteiger charge is -2.20. The molecule has 0 saturated carbocycles. The van der Waals surface area contributed by atoms with Crippen LogP contribution in [0.15, 0.2) is 18.2 Å². The molecule has 0 fully saturated rings. The van der Waals surface area contributed by atoms with Crippen molar-refractivity contribution >= 4 is 70.0 Å². The largest absolute Gasteiger partial charge is 0.456 e. The minimum Gasteiger partial charge on any atom is -0.456 e. The lowest BCUT2D eigenvalue weighted by atomic mass is 10.0. The van der Waals surface area contributed by atoms with Gasteiger partial charge in [-0.15, -0.1) is 0 Å². The maximum atomic E-state index is 12.8. The molecule has 1 atom stereocenters. The number of Topliss-reactive ketones (excluding diaryl/α,β-unsaturated/α-hetero) is 1. The number of ether oxygens (including phenoxy) is 1. The Bertz CT molecular complexity index is 1110. The van der Waals surface area contributed by atoms with Crippen molar-refractivity contribution in [3.05, 3.63) is 66.1 Å². The van der Waals surface area contributed by atoms with Gasteiger partial charge in [-0.3, -0.25) is 19.3 Å². The van der Waals surface area contributed by atoms with E-state index in [-0.39, 0.29) is 31.2 Å². The average molecular weight is 503 g/mol. The fourth-order valence-corrected chi connectivity index (χ4v) is 4.21. The van der Waals surface area contributed by atoms with Crippen molar-refractivity contribution in [1.82, 2.24) is 4.90 Å². The number of benzene rings is 2. The SMILES string of the molecule is Cc1ccc(C)c(C(=O)COC(=O)[C@H](C)N2C(=O)c3c(Cl)c(Cl)c(Cl)c(Cl)c3C2=O)c1. The number of nitrogens with zero attached hydrogens (tertiary/aromatic N) is 1. The number of carbonyl (C=O) groups is 4. The summed E-state index contributed by atoms with van der Waals surface area (Å²) < 4.78 is 5.08. The zero-order chi connectivity index (χ0) is 23.2. The summed E-state index contributed by atoms with van der Waals surface area (Å²) in [4.78, 5) is 51.3. The Hall–Kier alpha value is -2.12. The van der Waals surface area contributed by atoms with E-state index in [4.69, 9.17) is 51.1 Å². The summed E-state index contributed by atoms with van der Waals surface area (Å²) in [6.07, 6.45) is 0. The number of hydrogen-bond acceptors (Lipinski definition) is 5. The number of amides is 2. The Labute approximate surface area is 197 Å². The quantitative estimate of drug-likeness (QED) is 0.181. The molecule has 3 rings (SSSR count). The third-order valence-electron chi connectivity index (χ3n) is 4.90. The highest BCUT2D eigenvalue weighted by atomic mass is 35.5. The van der Waals surface area contributed by atoms with Crippen LogP contribution in [0.3, 0.4) is 0 Å². The Kier molecular flexibility index (Phi) is 6.67. The van der Waals surface area contributed by atoms with Crippen molar-refractivity contribution in [2.75, 3.05) is 6.61 Å². The molecule has 0 spiro atoms. The van der Waals surface area contributed by atoms with Crippen molar-refractivity contribution < 1.29 is 23.9 Å². The molecule has 0 unspecified atom stereocenters. The monoisotopic (exact) mass is 501 g/mol. The van der Waals surface area contributed by atoms with E-state index in [1.807, 2.05) is 13.0 Å². The van der Waals surface area contributed by atoms with E-state index in [2.05, 4.69) is 0 Å². The van der Waals surface area contributed by atoms with Crippen molar-refractivity contribution in [3.8, 4) is 0 Å². The van der Waals surface area contributed by atoms with Gasteiger partial charge in [0, 0.05) is 5.56 Å². The highest BCUT2D eigenvalue weighted by Gasteiger charge is 2.45. The third kappa shape index (κ3) is 4.05. The number of hydrogen-bond donors (Lipinski definition) is 0. The van der Waals surface area contributed by atoms with E-state index in [0.717, 1.165) is 11.1 Å². The first kappa shape index (κ1) is 23.5. The molecule has 0 N–H and O–H groups in total. The van der Waals surface area contributed by atoms with Crippen molar-refractivity contribution in [1.29, 1.82) is 0 Å². The van der Waals surface area contributed by atoms with Gasteiger partial charge in [0.15, 0.2) is 6.61 Å². The molecule has 0 saturated heterocycles. The smallest absolute Gasteiger partial charge is 0.329 e. The zero-order valence-electron chi connectivity index (χ0n) is 16.5. The molecule has 1 heterocycles. The predicted octanol–water partition coefficient (Wildman–Crippen LogP) is 5.33. The summed E-state index contributed by atoms with van der Waals surface area (Å²) in [7, 11) is 0. The molecular formula is C21H15Cl4NO5. The Balaban J connectivity index is 1.80. The van der Waals surface area contributed by atoms with Crippen LogP contribution in [-0.4, -0.2) is 41.1 Å². The average Bonchev–Trinajstić information content (AvgIpc) is 2.99. The molecule has 2 aromatic carbocycles. The number of esters is 1. The van der Waals surface area contributed by atoms with E-state index >= 15 is 0 Å². The van der Waals surface area contributed by atoms with Gasteiger partial charge in [-0.1, -0.05) is 64.1 Å². The molecule has 0 bridgehead atoms. The lowest BCUT2D eigenvalue weighted by molar-refractivity contribution is -0.146. The van der Waals surface area contributed by atoms with Gasteiger partial charge in [-0.2, -0.15) is 0 Å². The zero-order valence-corrected chi connectivity index (χ0v) is 19.5. The van der Waals surface area contributed by atoms with Gasteiger partial charge in [0.05, 0.1) is 31.2 Å². The number of fused-ring (bicyclic) bond motifs is 1. The predicted molar refractivity (Wildman–Crippen MR) is 118 cm³/mol. The first-order chi connectivity index (χ1) is 14.5. The van der Waals surface area contributed by atoms with Crippen molar-refractivity contribution in [3.63, 3.8) is 0 Å². The summed E-state index contributed by atoms with van der Waals surface area (Å²) in [6.45, 7) is 4.34. The first-order valence-corrected chi connectivity index (χ1v) is 10.5. The van der Waals surface area contributed by atoms with Crippen LogP contribution in [0, 0.1) is 13.8 Å². The second-order valence-electron chi connectivity index (χ2n) is 7.01. The van der Waals surface area contributed by atoms with Gasteiger partial charge < -0.3 is 4.74 Å². The van der Waals surface area contributed by atoms with Gasteiger partial charge in [-0.05, 0) is 32.4 Å². The summed E-state index contributed by atoms with van der Waals surface area (Å²) in [5.74, 6) is -3.09. The normalized spacial score (nSPS) is 14.0. The maximum Gasteiger partial charge on any atom is 0.329 e. The van der Waals surface area contributed by atoms with Crippen molar-refractivity contribution in [2.24, 2.45) is 0 Å². The number of imide groups is 1. The summed E-state index contributed by atoms with van der Waals surface area (Å²) in [5, 5.41) is -0.830. The highest BCUT2D eigenvalue weighted by Crippen LogP contribution is 2.45. The molecule has 6 nitrogen and oxygen atoms in total. The molecule has 1 aliphatic rings. The van der Waals surface area contributed by atoms with Crippen LogP contribution in [-0.2, 0) is 9.53 Å². The molecule has 1 aliphatic heterocycles. The van der Waals surface area contributed by atoms with Gasteiger partial charge in [0.1, 0.15) is 6.04 Å². The molecule has 2 amide bonds. The molecule has 0 radical (unpaired) electrons. The van der Waals surface area contributed by atoms with Crippen LogP contribution < -0.4 is 0 Å². The van der Waals surface area contributed by atoms with E-state index in [1.165, 1.54) is 6.92 Å². The number of ketones is 1. The minimum atomic E-state index is -1.34. The molecular weight excluding hydrogens is 488 g/mol. The van der Waals surface area contributed by atoms with Crippen LogP contribution in [0.2, 0.25) is 20.1 Å². The third-order valence-corrected chi connectivity index (χ3v) is 6.70. The Morgan fingerprint density at radius 2 is 1.45 bits per heavy atom. The molecule has 2 aromatic rings. The van der Waals surface area contributed by atoms with E-state index in [1.54, 1.807) is 19.1 Å². The Morgan fingerprint density at radius 1 is 0.935 bits per heavy atom. The van der Waals surface area contributed by atoms with Gasteiger partial charge in [0.25, 0.3) is 11.8 Å². The first-order valence-electron chi connectivity index (χ1n) is 8.98. The number of aryl methyl sites for hydroxylation is 2. The number of rotatable bonds is 5. The van der Waals surface area contributed by atoms with Crippen LogP contribution in [0.25, 0.3) is 0 Å². The standard InChI is InChI=1S/C21H15Cl4NO5/c1-8-4-5-9(2)11(6-8)12(27)7-31-21(30)10(3)26-19(28)13-14(20(26)29)16(23)18(25)17(24)15(13)22/h4-6,10H,7H2,1-3H3/t10-/m0/s1. The fourth-order valence-electron chi connectivity index (χ4n) is 3.19. The van der Waals surface area contributed by atoms with E-state index in [0.29, 0.717) is 10.5 Å². The molecule has 0 aliphatic carbocycles. The van der Waals surface area contributed by atoms with Crippen molar-refractivity contribution in [2.45, 2.75) is 26.8 Å². The van der Waals surface area contributed by atoms with E-state index < -0.39 is 36.2 Å². The minimum absolute atomic E-state index is 0.176. The Morgan fingerprint density at radius 3 is 1.97 bits per heavy atom. The second-order valence-corrected chi connectivity index (χ2v) is 8.52. The molecule has 10 heteroatoms. The summed E-state index contributed by atoms with van der Waals surface area (Å²) >= 11 is 24.1. The van der Waals surface area contributed by atoms with Crippen LogP contribution in [0.4, 0.5) is 0 Å². The second kappa shape index (κ2) is 8.79. The molecule has 162 valence electrons. The number of carbonyl (C=O) groups excluding carboxylic acids is 4.